The van der Waals surface area contributed by atoms with Crippen LogP contribution in [-0.2, 0) is 4.79 Å². The van der Waals surface area contributed by atoms with Crippen molar-refractivity contribution in [3.63, 3.8) is 0 Å². The number of hydrogen-bond acceptors (Lipinski definition) is 5. The highest BCUT2D eigenvalue weighted by atomic mass is 16.4. The van der Waals surface area contributed by atoms with Crippen LogP contribution in [0.4, 0.5) is 0 Å². The van der Waals surface area contributed by atoms with Crippen LogP contribution < -0.4 is 16.4 Å². The minimum absolute atomic E-state index is 0.119. The predicted molar refractivity (Wildman–Crippen MR) is 175 cm³/mol. The molecule has 0 spiro atoms. The Balaban J connectivity index is 0.000000295. The number of unbranched alkanes of at least 4 members (excludes halogenated alkanes) is 2. The normalized spacial score (nSPS) is 38.0. The molecule has 4 rings (SSSR count). The van der Waals surface area contributed by atoms with Crippen molar-refractivity contribution in [2.45, 2.75) is 137 Å². The van der Waals surface area contributed by atoms with Gasteiger partial charge in [-0.2, -0.15) is 0 Å². The fourth-order valence-corrected chi connectivity index (χ4v) is 10.2. The van der Waals surface area contributed by atoms with Gasteiger partial charge in [-0.15, -0.1) is 0 Å². The quantitative estimate of drug-likeness (QED) is 0.133. The van der Waals surface area contributed by atoms with Gasteiger partial charge < -0.3 is 26.6 Å². The van der Waals surface area contributed by atoms with Crippen LogP contribution in [0.2, 0.25) is 0 Å². The van der Waals surface area contributed by atoms with Crippen molar-refractivity contribution in [2.75, 3.05) is 32.7 Å². The van der Waals surface area contributed by atoms with Gasteiger partial charge in [0.05, 0.1) is 6.10 Å². The fraction of sp³-hybridized carbons (Fsp3) is 0.972. The molecule has 0 radical (unpaired) electrons. The van der Waals surface area contributed by atoms with Gasteiger partial charge in [-0.05, 0) is 162 Å². The van der Waals surface area contributed by atoms with Crippen molar-refractivity contribution in [2.24, 2.45) is 58.0 Å². The maximum absolute atomic E-state index is 11.3. The number of hydrogen-bond donors (Lipinski definition) is 5. The van der Waals surface area contributed by atoms with Gasteiger partial charge in [-0.3, -0.25) is 4.79 Å². The van der Waals surface area contributed by atoms with Crippen molar-refractivity contribution in [1.82, 2.24) is 10.6 Å². The molecule has 6 N–H and O–H groups in total. The van der Waals surface area contributed by atoms with Gasteiger partial charge in [-0.1, -0.05) is 47.5 Å². The first kappa shape index (κ1) is 35.8. The van der Waals surface area contributed by atoms with Gasteiger partial charge in [0.1, 0.15) is 0 Å². The monoisotopic (exact) mass is 592 g/mol. The Morgan fingerprint density at radius 1 is 0.905 bits per heavy atom. The number of carboxylic acids is 1. The Bertz CT molecular complexity index is 783. The first-order chi connectivity index (χ1) is 20.1. The summed E-state index contributed by atoms with van der Waals surface area (Å²) in [6.45, 7) is 17.3. The maximum Gasteiger partial charge on any atom is 0.303 e. The number of nitrogens with two attached hydrogens (primary N) is 1. The standard InChI is InChI=1S/C25H42O3.C11H27N3/c1-15-9-11-24(3)17(13-15)14-21(26)23-19-7-6-18(16(2)5-8-22(27)28)25(19,4)12-10-20(23)24;1-2-3-8-13-9-4-5-10-14-11-6-7-12/h15-21,23,26H,5-14H2,1-4H3,(H,27,28);13-14H,2-12H2,1H3/t15?,16?,17-,18?,19?,20?,21?,23?,24?,25?;/m1./s1. The summed E-state index contributed by atoms with van der Waals surface area (Å²) in [5.41, 5.74) is 6.12. The van der Waals surface area contributed by atoms with Crippen LogP contribution in [0.1, 0.15) is 131 Å². The lowest BCUT2D eigenvalue weighted by Gasteiger charge is -2.62. The molecule has 0 heterocycles. The topological polar surface area (TPSA) is 108 Å². The van der Waals surface area contributed by atoms with Crippen LogP contribution in [0.5, 0.6) is 0 Å². The summed E-state index contributed by atoms with van der Waals surface area (Å²) in [6.07, 6.45) is 17.3. The summed E-state index contributed by atoms with van der Waals surface area (Å²) in [6, 6.07) is 0. The molecule has 6 nitrogen and oxygen atoms in total. The lowest BCUT2D eigenvalue weighted by molar-refractivity contribution is -0.168. The number of aliphatic hydroxyl groups is 1. The van der Waals surface area contributed by atoms with Gasteiger partial charge in [0, 0.05) is 6.42 Å². The summed E-state index contributed by atoms with van der Waals surface area (Å²) in [5, 5.41) is 27.3. The molecular formula is C36H69N3O3. The van der Waals surface area contributed by atoms with Crippen LogP contribution in [-0.4, -0.2) is 55.0 Å². The number of carboxylic acid groups (broad SMARTS) is 1. The van der Waals surface area contributed by atoms with Crippen molar-refractivity contribution in [3.8, 4) is 0 Å². The summed E-state index contributed by atoms with van der Waals surface area (Å²) >= 11 is 0. The summed E-state index contributed by atoms with van der Waals surface area (Å²) < 4.78 is 0. The molecule has 246 valence electrons. The number of carbonyl (C=O) groups is 1. The average molecular weight is 592 g/mol. The van der Waals surface area contributed by atoms with Crippen molar-refractivity contribution < 1.29 is 15.0 Å². The lowest BCUT2D eigenvalue weighted by Crippen LogP contribution is -2.58. The van der Waals surface area contributed by atoms with Gasteiger partial charge in [0.25, 0.3) is 0 Å². The maximum atomic E-state index is 11.3. The second kappa shape index (κ2) is 17.1. The SMILES string of the molecule is CC1CCC2(C)C3CCC4(C)C(C(C)CCC(=O)O)CCC4C3C(O)C[C@H]2C1.CCCCNCCCCNCCCN. The lowest BCUT2D eigenvalue weighted by atomic mass is 9.43. The molecule has 10 atom stereocenters. The molecule has 0 aromatic carbocycles. The number of fused-ring (bicyclic) bond motifs is 5. The van der Waals surface area contributed by atoms with E-state index in [0.717, 1.165) is 44.8 Å². The Kier molecular flexibility index (Phi) is 14.6. The predicted octanol–water partition coefficient (Wildman–Crippen LogP) is 6.85. The molecule has 0 amide bonds. The third kappa shape index (κ3) is 8.95. The van der Waals surface area contributed by atoms with Gasteiger partial charge in [-0.25, -0.2) is 0 Å². The van der Waals surface area contributed by atoms with E-state index in [1.165, 1.54) is 83.7 Å². The van der Waals surface area contributed by atoms with Crippen LogP contribution in [0.25, 0.3) is 0 Å². The molecule has 6 heteroatoms. The molecule has 0 aromatic rings. The van der Waals surface area contributed by atoms with E-state index in [1.54, 1.807) is 0 Å². The Morgan fingerprint density at radius 3 is 2.17 bits per heavy atom. The van der Waals surface area contributed by atoms with E-state index in [4.69, 9.17) is 10.8 Å². The number of aliphatic carboxylic acids is 1. The summed E-state index contributed by atoms with van der Waals surface area (Å²) in [4.78, 5) is 11.1. The van der Waals surface area contributed by atoms with Crippen LogP contribution in [0, 0.1) is 52.3 Å². The highest BCUT2D eigenvalue weighted by Crippen LogP contribution is 2.68. The Hall–Kier alpha value is -0.690. The molecule has 4 saturated carbocycles. The largest absolute Gasteiger partial charge is 0.481 e. The number of nitrogens with one attached hydrogen (secondary N) is 2. The van der Waals surface area contributed by atoms with Gasteiger partial charge in [0.15, 0.2) is 0 Å². The van der Waals surface area contributed by atoms with Crippen molar-refractivity contribution in [1.29, 1.82) is 0 Å². The van der Waals surface area contributed by atoms with E-state index in [2.05, 4.69) is 45.3 Å². The van der Waals surface area contributed by atoms with Crippen molar-refractivity contribution >= 4 is 5.97 Å². The highest BCUT2D eigenvalue weighted by Gasteiger charge is 2.62. The zero-order valence-electron chi connectivity index (χ0n) is 28.1. The molecule has 4 fully saturated rings. The van der Waals surface area contributed by atoms with E-state index in [-0.39, 0.29) is 6.10 Å². The first-order valence-corrected chi connectivity index (χ1v) is 18.1. The molecule has 4 aliphatic rings. The number of aliphatic hydroxyl groups excluding tert-OH is 1. The minimum atomic E-state index is -0.663. The third-order valence-corrected chi connectivity index (χ3v) is 12.7. The molecule has 0 aromatic heterocycles. The smallest absolute Gasteiger partial charge is 0.303 e. The van der Waals surface area contributed by atoms with E-state index in [9.17, 15) is 9.90 Å². The zero-order valence-corrected chi connectivity index (χ0v) is 28.1. The Morgan fingerprint density at radius 2 is 1.52 bits per heavy atom. The van der Waals surface area contributed by atoms with Crippen molar-refractivity contribution in [3.05, 3.63) is 0 Å². The second-order valence-corrected chi connectivity index (χ2v) is 15.5. The Labute approximate surface area is 259 Å². The molecule has 4 aliphatic carbocycles. The molecular weight excluding hydrogens is 522 g/mol. The van der Waals surface area contributed by atoms with E-state index in [1.807, 2.05) is 0 Å². The highest BCUT2D eigenvalue weighted by molar-refractivity contribution is 5.66. The second-order valence-electron chi connectivity index (χ2n) is 15.5. The molecule has 0 aliphatic heterocycles. The number of rotatable bonds is 15. The summed E-state index contributed by atoms with van der Waals surface area (Å²) in [7, 11) is 0. The average Bonchev–Trinajstić information content (AvgIpc) is 3.31. The molecule has 0 bridgehead atoms. The van der Waals surface area contributed by atoms with Crippen LogP contribution >= 0.6 is 0 Å². The van der Waals surface area contributed by atoms with Gasteiger partial charge >= 0.3 is 5.97 Å². The molecule has 42 heavy (non-hydrogen) atoms. The van der Waals surface area contributed by atoms with Crippen LogP contribution in [0.3, 0.4) is 0 Å². The molecule has 9 unspecified atom stereocenters. The molecule has 0 saturated heterocycles. The van der Waals surface area contributed by atoms with E-state index < -0.39 is 5.97 Å². The van der Waals surface area contributed by atoms with E-state index >= 15 is 0 Å². The third-order valence-electron chi connectivity index (χ3n) is 12.7. The minimum Gasteiger partial charge on any atom is -0.481 e. The zero-order chi connectivity index (χ0) is 30.8. The fourth-order valence-electron chi connectivity index (χ4n) is 10.2. The first-order valence-electron chi connectivity index (χ1n) is 18.1. The van der Waals surface area contributed by atoms with E-state index in [0.29, 0.717) is 52.8 Å². The van der Waals surface area contributed by atoms with Gasteiger partial charge in [0.2, 0.25) is 0 Å². The van der Waals surface area contributed by atoms with Crippen LogP contribution in [0.15, 0.2) is 0 Å². The summed E-state index contributed by atoms with van der Waals surface area (Å²) in [5.74, 6) is 3.78.